The van der Waals surface area contributed by atoms with E-state index in [0.717, 1.165) is 11.3 Å². The zero-order chi connectivity index (χ0) is 20.6. The second-order valence-corrected chi connectivity index (χ2v) is 6.60. The van der Waals surface area contributed by atoms with Crippen molar-refractivity contribution in [3.63, 3.8) is 0 Å². The molecule has 0 saturated carbocycles. The summed E-state index contributed by atoms with van der Waals surface area (Å²) in [5.74, 6) is 0.225. The highest BCUT2D eigenvalue weighted by molar-refractivity contribution is 6.07. The standard InChI is InChI=1S/C24H22N2O3/c1-26(2)21-12-5-18(6-13-21)7-15-23(27)19-8-10-20(11-9-19)25-24(28)16-14-22-4-3-17-29-22/h3-17H,1-2H3,(H,25,28). The van der Waals surface area contributed by atoms with E-state index in [1.807, 2.05) is 43.3 Å². The Hall–Kier alpha value is -3.86. The lowest BCUT2D eigenvalue weighted by Crippen LogP contribution is -2.08. The highest BCUT2D eigenvalue weighted by Gasteiger charge is 2.04. The van der Waals surface area contributed by atoms with Crippen molar-refractivity contribution in [2.24, 2.45) is 0 Å². The van der Waals surface area contributed by atoms with Gasteiger partial charge in [-0.3, -0.25) is 9.59 Å². The zero-order valence-corrected chi connectivity index (χ0v) is 16.3. The van der Waals surface area contributed by atoms with E-state index in [9.17, 15) is 9.59 Å². The SMILES string of the molecule is CN(C)c1ccc(C=CC(=O)c2ccc(NC(=O)C=Cc3ccco3)cc2)cc1. The predicted molar refractivity (Wildman–Crippen MR) is 117 cm³/mol. The fourth-order valence-electron chi connectivity index (χ4n) is 2.60. The van der Waals surface area contributed by atoms with E-state index >= 15 is 0 Å². The molecule has 5 heteroatoms. The number of amides is 1. The van der Waals surface area contributed by atoms with Crippen LogP contribution in [0.1, 0.15) is 21.7 Å². The Labute approximate surface area is 170 Å². The molecule has 0 aliphatic carbocycles. The van der Waals surface area contributed by atoms with Crippen molar-refractivity contribution >= 4 is 35.2 Å². The van der Waals surface area contributed by atoms with Crippen LogP contribution in [0.15, 0.2) is 83.5 Å². The minimum absolute atomic E-state index is 0.0997. The normalized spacial score (nSPS) is 11.1. The molecule has 5 nitrogen and oxygen atoms in total. The Kier molecular flexibility index (Phi) is 6.43. The Morgan fingerprint density at radius 2 is 1.62 bits per heavy atom. The highest BCUT2D eigenvalue weighted by atomic mass is 16.3. The summed E-state index contributed by atoms with van der Waals surface area (Å²) in [6.07, 6.45) is 7.85. The minimum Gasteiger partial charge on any atom is -0.465 e. The number of carbonyl (C=O) groups is 2. The lowest BCUT2D eigenvalue weighted by Gasteiger charge is -2.11. The zero-order valence-electron chi connectivity index (χ0n) is 16.3. The Morgan fingerprint density at radius 1 is 0.897 bits per heavy atom. The number of carbonyl (C=O) groups excluding carboxylic acids is 2. The molecule has 1 aromatic heterocycles. The topological polar surface area (TPSA) is 62.6 Å². The van der Waals surface area contributed by atoms with E-state index in [1.54, 1.807) is 60.9 Å². The van der Waals surface area contributed by atoms with Crippen LogP contribution in [0, 0.1) is 0 Å². The smallest absolute Gasteiger partial charge is 0.248 e. The number of furan rings is 1. The van der Waals surface area contributed by atoms with Crippen LogP contribution in [0.3, 0.4) is 0 Å². The first-order valence-electron chi connectivity index (χ1n) is 9.14. The van der Waals surface area contributed by atoms with Gasteiger partial charge in [-0.25, -0.2) is 0 Å². The summed E-state index contributed by atoms with van der Waals surface area (Å²) >= 11 is 0. The number of benzene rings is 2. The average Bonchev–Trinajstić information content (AvgIpc) is 3.25. The molecule has 3 aromatic rings. The van der Waals surface area contributed by atoms with Gasteiger partial charge in [0.1, 0.15) is 5.76 Å². The molecule has 0 unspecified atom stereocenters. The number of nitrogens with one attached hydrogen (secondary N) is 1. The van der Waals surface area contributed by atoms with Crippen molar-refractivity contribution in [3.05, 3.63) is 96.0 Å². The molecule has 1 heterocycles. The highest BCUT2D eigenvalue weighted by Crippen LogP contribution is 2.15. The van der Waals surface area contributed by atoms with Crippen molar-refractivity contribution in [3.8, 4) is 0 Å². The lowest BCUT2D eigenvalue weighted by atomic mass is 10.1. The Morgan fingerprint density at radius 3 is 2.24 bits per heavy atom. The van der Waals surface area contributed by atoms with Crippen molar-refractivity contribution in [2.45, 2.75) is 0 Å². The molecule has 1 amide bonds. The van der Waals surface area contributed by atoms with E-state index in [-0.39, 0.29) is 11.7 Å². The van der Waals surface area contributed by atoms with Gasteiger partial charge in [0.25, 0.3) is 0 Å². The molecule has 0 saturated heterocycles. The fraction of sp³-hybridized carbons (Fsp3) is 0.0833. The van der Waals surface area contributed by atoms with E-state index in [4.69, 9.17) is 4.42 Å². The quantitative estimate of drug-likeness (QED) is 0.464. The van der Waals surface area contributed by atoms with E-state index in [0.29, 0.717) is 17.0 Å². The average molecular weight is 386 g/mol. The third-order valence-electron chi connectivity index (χ3n) is 4.22. The number of ketones is 1. The van der Waals surface area contributed by atoms with Crippen LogP contribution in [0.25, 0.3) is 12.2 Å². The molecular formula is C24H22N2O3. The number of allylic oxidation sites excluding steroid dienone is 1. The monoisotopic (exact) mass is 386 g/mol. The molecule has 146 valence electrons. The van der Waals surface area contributed by atoms with Gasteiger partial charge >= 0.3 is 0 Å². The minimum atomic E-state index is -0.276. The first kappa shape index (κ1) is 19.9. The van der Waals surface area contributed by atoms with Gasteiger partial charge in [0.05, 0.1) is 6.26 Å². The summed E-state index contributed by atoms with van der Waals surface area (Å²) < 4.78 is 5.13. The second kappa shape index (κ2) is 9.37. The van der Waals surface area contributed by atoms with Crippen LogP contribution in [-0.4, -0.2) is 25.8 Å². The maximum Gasteiger partial charge on any atom is 0.248 e. The van der Waals surface area contributed by atoms with Gasteiger partial charge in [0.2, 0.25) is 5.91 Å². The van der Waals surface area contributed by atoms with Gasteiger partial charge in [0.15, 0.2) is 5.78 Å². The Balaban J connectivity index is 1.57. The lowest BCUT2D eigenvalue weighted by molar-refractivity contribution is -0.111. The maximum atomic E-state index is 12.4. The summed E-state index contributed by atoms with van der Waals surface area (Å²) in [5, 5.41) is 2.74. The van der Waals surface area contributed by atoms with Gasteiger partial charge < -0.3 is 14.6 Å². The summed E-state index contributed by atoms with van der Waals surface area (Å²) in [6.45, 7) is 0. The van der Waals surface area contributed by atoms with Crippen LogP contribution in [0.5, 0.6) is 0 Å². The van der Waals surface area contributed by atoms with Crippen molar-refractivity contribution in [1.82, 2.24) is 0 Å². The molecule has 2 aromatic carbocycles. The van der Waals surface area contributed by atoms with Gasteiger partial charge in [-0.2, -0.15) is 0 Å². The molecule has 1 N–H and O–H groups in total. The van der Waals surface area contributed by atoms with E-state index in [2.05, 4.69) is 5.32 Å². The molecule has 0 fully saturated rings. The number of anilines is 2. The summed E-state index contributed by atoms with van der Waals surface area (Å²) in [7, 11) is 3.96. The van der Waals surface area contributed by atoms with Gasteiger partial charge in [-0.05, 0) is 66.2 Å². The molecule has 0 aliphatic heterocycles. The molecule has 3 rings (SSSR count). The van der Waals surface area contributed by atoms with Gasteiger partial charge in [-0.1, -0.05) is 18.2 Å². The number of hydrogen-bond donors (Lipinski definition) is 1. The first-order chi connectivity index (χ1) is 14.0. The molecular weight excluding hydrogens is 364 g/mol. The van der Waals surface area contributed by atoms with Crippen molar-refractivity contribution < 1.29 is 14.0 Å². The molecule has 0 radical (unpaired) electrons. The van der Waals surface area contributed by atoms with Crippen LogP contribution >= 0.6 is 0 Å². The molecule has 29 heavy (non-hydrogen) atoms. The van der Waals surface area contributed by atoms with Crippen LogP contribution in [0.4, 0.5) is 11.4 Å². The van der Waals surface area contributed by atoms with Gasteiger partial charge in [0, 0.05) is 37.1 Å². The Bertz CT molecular complexity index is 1010. The fourth-order valence-corrected chi connectivity index (χ4v) is 2.60. The summed E-state index contributed by atoms with van der Waals surface area (Å²) in [5.41, 5.74) is 3.22. The first-order valence-corrected chi connectivity index (χ1v) is 9.14. The van der Waals surface area contributed by atoms with Crippen LogP contribution in [0.2, 0.25) is 0 Å². The van der Waals surface area contributed by atoms with E-state index in [1.165, 1.54) is 6.08 Å². The third kappa shape index (κ3) is 5.81. The predicted octanol–water partition coefficient (Wildman–Crippen LogP) is 4.89. The second-order valence-electron chi connectivity index (χ2n) is 6.60. The van der Waals surface area contributed by atoms with E-state index < -0.39 is 0 Å². The molecule has 0 aliphatic rings. The van der Waals surface area contributed by atoms with Crippen LogP contribution in [-0.2, 0) is 4.79 Å². The molecule has 0 spiro atoms. The van der Waals surface area contributed by atoms with Crippen molar-refractivity contribution in [2.75, 3.05) is 24.3 Å². The van der Waals surface area contributed by atoms with Crippen LogP contribution < -0.4 is 10.2 Å². The molecule has 0 atom stereocenters. The third-order valence-corrected chi connectivity index (χ3v) is 4.22. The largest absolute Gasteiger partial charge is 0.465 e. The number of hydrogen-bond acceptors (Lipinski definition) is 4. The van der Waals surface area contributed by atoms with Gasteiger partial charge in [-0.15, -0.1) is 0 Å². The summed E-state index contributed by atoms with van der Waals surface area (Å²) in [4.78, 5) is 26.3. The number of nitrogens with zero attached hydrogens (tertiary/aromatic N) is 1. The maximum absolute atomic E-state index is 12.4. The summed E-state index contributed by atoms with van der Waals surface area (Å²) in [6, 6.07) is 18.2. The molecule has 0 bridgehead atoms. The number of rotatable bonds is 7. The van der Waals surface area contributed by atoms with Crippen molar-refractivity contribution in [1.29, 1.82) is 0 Å².